The molecule has 0 saturated heterocycles. The minimum Gasteiger partial charge on any atom is -0.275 e. The topological polar surface area (TPSA) is 30.7 Å². The first-order valence-corrected chi connectivity index (χ1v) is 4.92. The Morgan fingerprint density at radius 3 is 2.62 bits per heavy atom. The zero-order chi connectivity index (χ0) is 9.42. The van der Waals surface area contributed by atoms with Crippen LogP contribution in [0.5, 0.6) is 0 Å². The van der Waals surface area contributed by atoms with Gasteiger partial charge >= 0.3 is 0 Å². The standard InChI is InChI=1S/C9H11N3S/c1-6-9(13-7(2)10-6)8-4-5-12(3)11-8/h4-5H,1-3H3. The van der Waals surface area contributed by atoms with E-state index in [2.05, 4.69) is 10.1 Å². The monoisotopic (exact) mass is 193 g/mol. The van der Waals surface area contributed by atoms with Crippen molar-refractivity contribution in [1.82, 2.24) is 14.8 Å². The van der Waals surface area contributed by atoms with Crippen molar-refractivity contribution < 1.29 is 0 Å². The number of nitrogens with zero attached hydrogens (tertiary/aromatic N) is 3. The summed E-state index contributed by atoms with van der Waals surface area (Å²) in [4.78, 5) is 5.54. The second-order valence-electron chi connectivity index (χ2n) is 3.02. The highest BCUT2D eigenvalue weighted by Crippen LogP contribution is 2.27. The first-order valence-electron chi connectivity index (χ1n) is 4.11. The van der Waals surface area contributed by atoms with Gasteiger partial charge in [-0.05, 0) is 19.9 Å². The highest BCUT2D eigenvalue weighted by Gasteiger charge is 2.08. The van der Waals surface area contributed by atoms with Gasteiger partial charge in [0, 0.05) is 13.2 Å². The van der Waals surface area contributed by atoms with Crippen LogP contribution in [0.2, 0.25) is 0 Å². The van der Waals surface area contributed by atoms with E-state index in [4.69, 9.17) is 0 Å². The Morgan fingerprint density at radius 1 is 1.38 bits per heavy atom. The van der Waals surface area contributed by atoms with Crippen LogP contribution in [0.25, 0.3) is 10.6 Å². The second-order valence-corrected chi connectivity index (χ2v) is 4.23. The molecule has 0 bridgehead atoms. The number of aromatic nitrogens is 3. The minimum absolute atomic E-state index is 1.02. The van der Waals surface area contributed by atoms with E-state index in [1.165, 1.54) is 4.88 Å². The van der Waals surface area contributed by atoms with E-state index < -0.39 is 0 Å². The van der Waals surface area contributed by atoms with Crippen LogP contribution in [0.4, 0.5) is 0 Å². The molecule has 0 fully saturated rings. The summed E-state index contributed by atoms with van der Waals surface area (Å²) in [5.74, 6) is 0. The predicted octanol–water partition coefficient (Wildman–Crippen LogP) is 2.16. The van der Waals surface area contributed by atoms with Crippen LogP contribution >= 0.6 is 11.3 Å². The number of aryl methyl sites for hydroxylation is 3. The molecule has 3 nitrogen and oxygen atoms in total. The molecule has 0 aromatic carbocycles. The Bertz CT molecular complexity index is 428. The Balaban J connectivity index is 2.51. The van der Waals surface area contributed by atoms with Gasteiger partial charge in [-0.3, -0.25) is 4.68 Å². The Labute approximate surface area is 81.1 Å². The lowest BCUT2D eigenvalue weighted by atomic mass is 10.3. The molecule has 0 aliphatic heterocycles. The fourth-order valence-electron chi connectivity index (χ4n) is 1.31. The van der Waals surface area contributed by atoms with Crippen molar-refractivity contribution in [3.63, 3.8) is 0 Å². The third-order valence-corrected chi connectivity index (χ3v) is 2.95. The first kappa shape index (κ1) is 8.44. The quantitative estimate of drug-likeness (QED) is 0.695. The molecular weight excluding hydrogens is 182 g/mol. The molecule has 13 heavy (non-hydrogen) atoms. The van der Waals surface area contributed by atoms with Crippen molar-refractivity contribution in [2.45, 2.75) is 13.8 Å². The summed E-state index contributed by atoms with van der Waals surface area (Å²) in [7, 11) is 1.92. The van der Waals surface area contributed by atoms with Crippen LogP contribution < -0.4 is 0 Å². The maximum atomic E-state index is 4.37. The first-order chi connectivity index (χ1) is 6.16. The van der Waals surface area contributed by atoms with Crippen molar-refractivity contribution in [1.29, 1.82) is 0 Å². The van der Waals surface area contributed by atoms with Gasteiger partial charge in [0.25, 0.3) is 0 Å². The number of rotatable bonds is 1. The molecule has 4 heteroatoms. The maximum absolute atomic E-state index is 4.37. The van der Waals surface area contributed by atoms with Gasteiger partial charge in [0.15, 0.2) is 0 Å². The van der Waals surface area contributed by atoms with E-state index in [1.54, 1.807) is 11.3 Å². The average Bonchev–Trinajstić information content (AvgIpc) is 2.58. The van der Waals surface area contributed by atoms with Gasteiger partial charge in [0.05, 0.1) is 15.6 Å². The lowest BCUT2D eigenvalue weighted by molar-refractivity contribution is 0.771. The van der Waals surface area contributed by atoms with Crippen molar-refractivity contribution >= 4 is 11.3 Å². The van der Waals surface area contributed by atoms with E-state index in [0.717, 1.165) is 16.4 Å². The third kappa shape index (κ3) is 1.49. The van der Waals surface area contributed by atoms with Gasteiger partial charge in [0.1, 0.15) is 5.69 Å². The van der Waals surface area contributed by atoms with Gasteiger partial charge in [-0.2, -0.15) is 5.10 Å². The maximum Gasteiger partial charge on any atom is 0.104 e. The molecule has 0 N–H and O–H groups in total. The SMILES string of the molecule is Cc1nc(C)c(-c2ccn(C)n2)s1. The zero-order valence-corrected chi connectivity index (χ0v) is 8.72. The zero-order valence-electron chi connectivity index (χ0n) is 7.90. The molecule has 2 aromatic rings. The second kappa shape index (κ2) is 2.96. The summed E-state index contributed by atoms with van der Waals surface area (Å²) < 4.78 is 1.81. The minimum atomic E-state index is 1.02. The molecule has 2 rings (SSSR count). The summed E-state index contributed by atoms with van der Waals surface area (Å²) in [6.45, 7) is 4.04. The fraction of sp³-hybridized carbons (Fsp3) is 0.333. The van der Waals surface area contributed by atoms with E-state index >= 15 is 0 Å². The molecular formula is C9H11N3S. The van der Waals surface area contributed by atoms with E-state index in [-0.39, 0.29) is 0 Å². The fourth-order valence-corrected chi connectivity index (χ4v) is 2.19. The Kier molecular flexibility index (Phi) is 1.92. The summed E-state index contributed by atoms with van der Waals surface area (Å²) >= 11 is 1.69. The summed E-state index contributed by atoms with van der Waals surface area (Å²) in [5.41, 5.74) is 2.09. The molecule has 0 aliphatic rings. The highest BCUT2D eigenvalue weighted by atomic mass is 32.1. The van der Waals surface area contributed by atoms with Crippen molar-refractivity contribution in [2.24, 2.45) is 7.05 Å². The van der Waals surface area contributed by atoms with E-state index in [9.17, 15) is 0 Å². The number of thiazole rings is 1. The molecule has 0 unspecified atom stereocenters. The summed E-state index contributed by atoms with van der Waals surface area (Å²) in [5, 5.41) is 5.44. The molecule has 68 valence electrons. The van der Waals surface area contributed by atoms with Crippen LogP contribution in [0.1, 0.15) is 10.7 Å². The number of hydrogen-bond acceptors (Lipinski definition) is 3. The lowest BCUT2D eigenvalue weighted by Gasteiger charge is -1.90. The van der Waals surface area contributed by atoms with E-state index in [1.807, 2.05) is 37.8 Å². The Morgan fingerprint density at radius 2 is 2.15 bits per heavy atom. The summed E-state index contributed by atoms with van der Waals surface area (Å²) in [6.07, 6.45) is 1.95. The van der Waals surface area contributed by atoms with Gasteiger partial charge in [-0.1, -0.05) is 0 Å². The van der Waals surface area contributed by atoms with Gasteiger partial charge in [0.2, 0.25) is 0 Å². The van der Waals surface area contributed by atoms with Crippen LogP contribution in [-0.2, 0) is 7.05 Å². The summed E-state index contributed by atoms with van der Waals surface area (Å²) in [6, 6.07) is 2.01. The van der Waals surface area contributed by atoms with E-state index in [0.29, 0.717) is 0 Å². The molecule has 2 aromatic heterocycles. The van der Waals surface area contributed by atoms with Gasteiger partial charge < -0.3 is 0 Å². The molecule has 0 aliphatic carbocycles. The number of hydrogen-bond donors (Lipinski definition) is 0. The molecule has 0 spiro atoms. The van der Waals surface area contributed by atoms with Gasteiger partial charge in [-0.15, -0.1) is 11.3 Å². The lowest BCUT2D eigenvalue weighted by Crippen LogP contribution is -1.87. The Hall–Kier alpha value is -1.16. The van der Waals surface area contributed by atoms with Crippen LogP contribution in [0.15, 0.2) is 12.3 Å². The molecule has 0 radical (unpaired) electrons. The average molecular weight is 193 g/mol. The molecule has 0 atom stereocenters. The largest absolute Gasteiger partial charge is 0.275 e. The van der Waals surface area contributed by atoms with Crippen molar-refractivity contribution in [3.05, 3.63) is 23.0 Å². The van der Waals surface area contributed by atoms with Crippen LogP contribution in [0, 0.1) is 13.8 Å². The van der Waals surface area contributed by atoms with Crippen molar-refractivity contribution in [2.75, 3.05) is 0 Å². The van der Waals surface area contributed by atoms with Crippen LogP contribution in [-0.4, -0.2) is 14.8 Å². The molecule has 0 saturated carbocycles. The van der Waals surface area contributed by atoms with Crippen LogP contribution in [0.3, 0.4) is 0 Å². The predicted molar refractivity (Wildman–Crippen MR) is 53.8 cm³/mol. The highest BCUT2D eigenvalue weighted by molar-refractivity contribution is 7.15. The van der Waals surface area contributed by atoms with Crippen molar-refractivity contribution in [3.8, 4) is 10.6 Å². The third-order valence-electron chi connectivity index (χ3n) is 1.85. The molecule has 0 amide bonds. The normalized spacial score (nSPS) is 10.7. The molecule has 2 heterocycles. The smallest absolute Gasteiger partial charge is 0.104 e. The van der Waals surface area contributed by atoms with Gasteiger partial charge in [-0.25, -0.2) is 4.98 Å².